The van der Waals surface area contributed by atoms with Crippen molar-refractivity contribution in [2.75, 3.05) is 10.6 Å². The molecule has 1 aliphatic heterocycles. The molecular weight excluding hydrogens is 296 g/mol. The van der Waals surface area contributed by atoms with Crippen LogP contribution >= 0.6 is 0 Å². The first-order chi connectivity index (χ1) is 11.3. The number of hydrogen-bond acceptors (Lipinski definition) is 2. The molecule has 1 aromatic rings. The molecule has 132 valence electrons. The number of benzene rings is 1. The van der Waals surface area contributed by atoms with E-state index in [4.69, 9.17) is 0 Å². The first kappa shape index (κ1) is 21.7. The fraction of sp³-hybridized carbons (Fsp3) is 0.381. The Morgan fingerprint density at radius 1 is 1.33 bits per heavy atom. The van der Waals surface area contributed by atoms with E-state index in [1.54, 1.807) is 6.08 Å². The normalized spacial score (nSPS) is 11.6. The molecule has 1 aromatic carbocycles. The van der Waals surface area contributed by atoms with E-state index in [0.717, 1.165) is 22.6 Å². The Bertz CT molecular complexity index is 598. The lowest BCUT2D eigenvalue weighted by Gasteiger charge is -2.20. The first-order valence-corrected chi connectivity index (χ1v) is 8.47. The number of carbonyl (C=O) groups is 1. The maximum absolute atomic E-state index is 11.6. The van der Waals surface area contributed by atoms with Crippen molar-refractivity contribution in [2.45, 2.75) is 48.0 Å². The van der Waals surface area contributed by atoms with Crippen LogP contribution in [0.25, 0.3) is 5.57 Å². The Balaban J connectivity index is 0.000000772. The summed E-state index contributed by atoms with van der Waals surface area (Å²) in [4.78, 5) is 11.6. The molecule has 3 nitrogen and oxygen atoms in total. The lowest BCUT2D eigenvalue weighted by Crippen LogP contribution is -2.18. The van der Waals surface area contributed by atoms with E-state index in [1.807, 2.05) is 45.0 Å². The molecule has 0 spiro atoms. The van der Waals surface area contributed by atoms with Gasteiger partial charge in [0.2, 0.25) is 5.91 Å². The summed E-state index contributed by atoms with van der Waals surface area (Å²) in [5.41, 5.74) is 4.98. The molecule has 2 N–H and O–H groups in total. The molecule has 0 fully saturated rings. The fourth-order valence-corrected chi connectivity index (χ4v) is 1.90. The molecule has 0 saturated carbocycles. The second-order valence-electron chi connectivity index (χ2n) is 6.00. The quantitative estimate of drug-likeness (QED) is 0.632. The van der Waals surface area contributed by atoms with Gasteiger partial charge in [-0.25, -0.2) is 0 Å². The number of hydrogen-bond donors (Lipinski definition) is 2. The zero-order chi connectivity index (χ0) is 18.7. The minimum absolute atomic E-state index is 0.0226. The standard InChI is InChI=1S/C15H18N2O.C3H8.C3H6/c1-9(2)15(18)17-12-5-6-13-10(3)7-11(4)16-14(13)8-12;2*1-3-2/h5-9,16H,4H2,1-3H3,(H,17,18);3H2,1-2H3;3H,1H2,2H3. The molecule has 0 unspecified atom stereocenters. The number of carbonyl (C=O) groups excluding carboxylic acids is 1. The van der Waals surface area contributed by atoms with Crippen LogP contribution in [0.2, 0.25) is 0 Å². The van der Waals surface area contributed by atoms with Crippen molar-refractivity contribution in [3.05, 3.63) is 54.8 Å². The van der Waals surface area contributed by atoms with Gasteiger partial charge in [-0.15, -0.1) is 6.58 Å². The van der Waals surface area contributed by atoms with Gasteiger partial charge in [0, 0.05) is 28.6 Å². The van der Waals surface area contributed by atoms with Crippen molar-refractivity contribution in [1.29, 1.82) is 0 Å². The predicted molar refractivity (Wildman–Crippen MR) is 108 cm³/mol. The van der Waals surface area contributed by atoms with Gasteiger partial charge in [0.1, 0.15) is 0 Å². The van der Waals surface area contributed by atoms with Gasteiger partial charge in [0.25, 0.3) is 0 Å². The number of allylic oxidation sites excluding steroid dienone is 3. The topological polar surface area (TPSA) is 41.1 Å². The summed E-state index contributed by atoms with van der Waals surface area (Å²) in [7, 11) is 0. The van der Waals surface area contributed by atoms with Gasteiger partial charge < -0.3 is 10.6 Å². The summed E-state index contributed by atoms with van der Waals surface area (Å²) in [6, 6.07) is 5.88. The Morgan fingerprint density at radius 3 is 2.38 bits per heavy atom. The van der Waals surface area contributed by atoms with Gasteiger partial charge in [0.05, 0.1) is 0 Å². The Labute approximate surface area is 147 Å². The molecule has 0 atom stereocenters. The average molecular weight is 329 g/mol. The van der Waals surface area contributed by atoms with E-state index in [1.165, 1.54) is 12.0 Å². The van der Waals surface area contributed by atoms with Gasteiger partial charge in [-0.05, 0) is 37.6 Å². The molecule has 0 aliphatic carbocycles. The summed E-state index contributed by atoms with van der Waals surface area (Å²) < 4.78 is 0. The second kappa shape index (κ2) is 11.3. The Kier molecular flexibility index (Phi) is 10.2. The predicted octanol–water partition coefficient (Wildman–Crippen LogP) is 6.23. The molecule has 0 aromatic heterocycles. The highest BCUT2D eigenvalue weighted by atomic mass is 16.1. The third-order valence-electron chi connectivity index (χ3n) is 2.92. The van der Waals surface area contributed by atoms with Crippen LogP contribution in [0.4, 0.5) is 11.4 Å². The Morgan fingerprint density at radius 2 is 1.88 bits per heavy atom. The van der Waals surface area contributed by atoms with E-state index in [2.05, 4.69) is 44.6 Å². The van der Waals surface area contributed by atoms with Gasteiger partial charge in [-0.1, -0.05) is 52.8 Å². The fourth-order valence-electron chi connectivity index (χ4n) is 1.90. The van der Waals surface area contributed by atoms with Crippen molar-refractivity contribution in [3.63, 3.8) is 0 Å². The molecule has 24 heavy (non-hydrogen) atoms. The lowest BCUT2D eigenvalue weighted by molar-refractivity contribution is -0.118. The zero-order valence-electron chi connectivity index (χ0n) is 16.0. The number of rotatable bonds is 2. The Hall–Kier alpha value is -2.29. The molecule has 1 heterocycles. The van der Waals surface area contributed by atoms with E-state index >= 15 is 0 Å². The zero-order valence-corrected chi connectivity index (χ0v) is 16.0. The lowest BCUT2D eigenvalue weighted by atomic mass is 10.00. The summed E-state index contributed by atoms with van der Waals surface area (Å²) in [5, 5.41) is 6.10. The van der Waals surface area contributed by atoms with Crippen molar-refractivity contribution >= 4 is 22.9 Å². The van der Waals surface area contributed by atoms with E-state index in [9.17, 15) is 4.79 Å². The highest BCUT2D eigenvalue weighted by Crippen LogP contribution is 2.32. The molecule has 0 bridgehead atoms. The first-order valence-electron chi connectivity index (χ1n) is 8.47. The number of fused-ring (bicyclic) bond motifs is 1. The van der Waals surface area contributed by atoms with Crippen molar-refractivity contribution < 1.29 is 4.79 Å². The van der Waals surface area contributed by atoms with Crippen LogP contribution < -0.4 is 10.6 Å². The third kappa shape index (κ3) is 7.32. The maximum atomic E-state index is 11.6. The van der Waals surface area contributed by atoms with E-state index in [-0.39, 0.29) is 11.8 Å². The van der Waals surface area contributed by atoms with Crippen molar-refractivity contribution in [1.82, 2.24) is 0 Å². The smallest absolute Gasteiger partial charge is 0.226 e. The van der Waals surface area contributed by atoms with Crippen LogP contribution in [0.5, 0.6) is 0 Å². The van der Waals surface area contributed by atoms with Crippen LogP contribution in [-0.4, -0.2) is 5.91 Å². The highest BCUT2D eigenvalue weighted by molar-refractivity contribution is 5.94. The summed E-state index contributed by atoms with van der Waals surface area (Å²) in [6.07, 6.45) is 5.01. The van der Waals surface area contributed by atoms with Crippen molar-refractivity contribution in [2.24, 2.45) is 5.92 Å². The monoisotopic (exact) mass is 328 g/mol. The largest absolute Gasteiger partial charge is 0.355 e. The number of amides is 1. The van der Waals surface area contributed by atoms with Crippen LogP contribution in [0, 0.1) is 5.92 Å². The molecule has 2 rings (SSSR count). The second-order valence-corrected chi connectivity index (χ2v) is 6.00. The van der Waals surface area contributed by atoms with Gasteiger partial charge in [-0.2, -0.15) is 0 Å². The maximum Gasteiger partial charge on any atom is 0.226 e. The van der Waals surface area contributed by atoms with E-state index in [0.29, 0.717) is 0 Å². The molecule has 1 amide bonds. The number of nitrogens with one attached hydrogen (secondary N) is 2. The van der Waals surface area contributed by atoms with Gasteiger partial charge >= 0.3 is 0 Å². The number of anilines is 2. The summed E-state index contributed by atoms with van der Waals surface area (Å²) in [5.74, 6) is 0.00226. The van der Waals surface area contributed by atoms with Gasteiger partial charge in [-0.3, -0.25) is 4.79 Å². The molecule has 1 aliphatic rings. The summed E-state index contributed by atoms with van der Waals surface area (Å²) >= 11 is 0. The van der Waals surface area contributed by atoms with Crippen LogP contribution in [0.15, 0.2) is 49.2 Å². The molecule has 3 heteroatoms. The van der Waals surface area contributed by atoms with Crippen LogP contribution in [0.1, 0.15) is 53.5 Å². The van der Waals surface area contributed by atoms with E-state index < -0.39 is 0 Å². The minimum Gasteiger partial charge on any atom is -0.355 e. The molecular formula is C21H32N2O. The molecule has 0 radical (unpaired) electrons. The van der Waals surface area contributed by atoms with Crippen LogP contribution in [-0.2, 0) is 4.79 Å². The minimum atomic E-state index is -0.0226. The average Bonchev–Trinajstić information content (AvgIpc) is 2.48. The third-order valence-corrected chi connectivity index (χ3v) is 2.92. The SMILES string of the molecule is C=C1C=C(C)c2ccc(NC(=O)C(C)C)cc2N1.C=CC.CCC. The summed E-state index contributed by atoms with van der Waals surface area (Å²) in [6.45, 7) is 19.2. The van der Waals surface area contributed by atoms with Gasteiger partial charge in [0.15, 0.2) is 0 Å². The highest BCUT2D eigenvalue weighted by Gasteiger charge is 2.13. The molecule has 0 saturated heterocycles. The van der Waals surface area contributed by atoms with Crippen molar-refractivity contribution in [3.8, 4) is 0 Å². The van der Waals surface area contributed by atoms with Crippen LogP contribution in [0.3, 0.4) is 0 Å².